The minimum atomic E-state index is -0.763. The number of nitrogens with one attached hydrogen (secondary N) is 2. The van der Waals surface area contributed by atoms with Gasteiger partial charge in [0.15, 0.2) is 10.7 Å². The highest BCUT2D eigenvalue weighted by molar-refractivity contribution is 9.10. The Kier molecular flexibility index (Phi) is 7.97. The number of benzene rings is 1. The molecule has 0 aliphatic heterocycles. The van der Waals surface area contributed by atoms with Crippen LogP contribution in [0.5, 0.6) is 0 Å². The molecule has 0 aliphatic carbocycles. The van der Waals surface area contributed by atoms with Crippen LogP contribution in [0, 0.1) is 5.82 Å². The van der Waals surface area contributed by atoms with Gasteiger partial charge in [-0.1, -0.05) is 16.9 Å². The summed E-state index contributed by atoms with van der Waals surface area (Å²) in [6.07, 6.45) is 0. The van der Waals surface area contributed by atoms with E-state index >= 15 is 0 Å². The fourth-order valence-corrected chi connectivity index (χ4v) is 2.90. The molecule has 0 saturated carbocycles. The fraction of sp³-hybridized carbons (Fsp3) is 0.286. The van der Waals surface area contributed by atoms with Gasteiger partial charge in [0.05, 0.1) is 29.5 Å². The van der Waals surface area contributed by atoms with E-state index in [4.69, 9.17) is 10.2 Å². The minimum absolute atomic E-state index is 0.0385. The van der Waals surface area contributed by atoms with Crippen molar-refractivity contribution in [2.75, 3.05) is 24.3 Å². The molecule has 13 heteroatoms. The average Bonchev–Trinajstić information content (AvgIpc) is 3.13. The number of aliphatic hydroxyl groups excluding tert-OH is 2. The van der Waals surface area contributed by atoms with Crippen LogP contribution in [0.25, 0.3) is 0 Å². The quantitative estimate of drug-likeness (QED) is 0.125. The Morgan fingerprint density at radius 3 is 2.74 bits per heavy atom. The molecular formula is C14H15BrFN5O5S. The van der Waals surface area contributed by atoms with E-state index in [1.807, 2.05) is 0 Å². The lowest BCUT2D eigenvalue weighted by Gasteiger charge is -2.12. The summed E-state index contributed by atoms with van der Waals surface area (Å²) in [5.74, 6) is -1.16. The second-order valence-electron chi connectivity index (χ2n) is 5.04. The lowest BCUT2D eigenvalue weighted by atomic mass is 10.3. The van der Waals surface area contributed by atoms with Crippen LogP contribution in [0.15, 0.2) is 37.5 Å². The van der Waals surface area contributed by atoms with Crippen molar-refractivity contribution in [3.05, 3.63) is 34.2 Å². The van der Waals surface area contributed by atoms with Crippen molar-refractivity contribution in [2.45, 2.75) is 11.1 Å². The smallest absolute Gasteiger partial charge is 0.230 e. The molecule has 1 aromatic carbocycles. The summed E-state index contributed by atoms with van der Waals surface area (Å²) in [5, 5.41) is 42.9. The third-order valence-corrected chi connectivity index (χ3v) is 4.67. The highest BCUT2D eigenvalue weighted by Crippen LogP contribution is 2.23. The second-order valence-corrected chi connectivity index (χ2v) is 6.86. The average molecular weight is 464 g/mol. The normalized spacial score (nSPS) is 11.7. The predicted octanol–water partition coefficient (Wildman–Crippen LogP) is 0.781. The van der Waals surface area contributed by atoms with Gasteiger partial charge in [0.1, 0.15) is 5.82 Å². The Bertz CT molecular complexity index is 817. The van der Waals surface area contributed by atoms with Gasteiger partial charge >= 0.3 is 0 Å². The lowest BCUT2D eigenvalue weighted by molar-refractivity contribution is -0.119. The van der Waals surface area contributed by atoms with Crippen LogP contribution in [0.2, 0.25) is 0 Å². The van der Waals surface area contributed by atoms with Gasteiger partial charge in [-0.3, -0.25) is 4.79 Å². The van der Waals surface area contributed by atoms with Crippen molar-refractivity contribution in [1.82, 2.24) is 15.6 Å². The number of hydrogen-bond acceptors (Lipinski definition) is 9. The number of aromatic nitrogens is 2. The van der Waals surface area contributed by atoms with Crippen molar-refractivity contribution in [3.63, 3.8) is 0 Å². The minimum Gasteiger partial charge on any atom is -0.409 e. The van der Waals surface area contributed by atoms with E-state index in [1.54, 1.807) is 0 Å². The lowest BCUT2D eigenvalue weighted by Crippen LogP contribution is -2.41. The number of rotatable bonds is 8. The highest BCUT2D eigenvalue weighted by Gasteiger charge is 2.20. The standard InChI is InChI=1S/C14H15BrFN5O5S/c15-9-3-7(1-2-10(9)16)18-13(19-25)12-14(21-26-20-12)27-6-11(24)17-8(4-22)5-23/h1-3,8,22-23,25H,4-6H2,(H,17,24)(H,18,19). The maximum atomic E-state index is 13.3. The van der Waals surface area contributed by atoms with Crippen LogP contribution in [0.4, 0.5) is 10.1 Å². The topological polar surface area (TPSA) is 153 Å². The molecular weight excluding hydrogens is 449 g/mol. The number of aliphatic hydroxyl groups is 2. The van der Waals surface area contributed by atoms with Crippen LogP contribution >= 0.6 is 27.7 Å². The van der Waals surface area contributed by atoms with Gasteiger partial charge in [-0.15, -0.1) is 0 Å². The van der Waals surface area contributed by atoms with Gasteiger partial charge in [-0.2, -0.15) is 0 Å². The van der Waals surface area contributed by atoms with Gasteiger partial charge < -0.3 is 26.1 Å². The molecule has 2 rings (SSSR count). The number of thioether (sulfide) groups is 1. The largest absolute Gasteiger partial charge is 0.409 e. The molecule has 146 valence electrons. The zero-order valence-electron chi connectivity index (χ0n) is 13.6. The monoisotopic (exact) mass is 463 g/mol. The molecule has 0 saturated heterocycles. The Morgan fingerprint density at radius 1 is 1.37 bits per heavy atom. The van der Waals surface area contributed by atoms with E-state index in [-0.39, 0.29) is 26.8 Å². The van der Waals surface area contributed by atoms with E-state index in [9.17, 15) is 14.4 Å². The number of oxime groups is 1. The molecule has 2 aromatic rings. The third-order valence-electron chi connectivity index (χ3n) is 3.11. The van der Waals surface area contributed by atoms with Gasteiger partial charge in [0.2, 0.25) is 11.7 Å². The summed E-state index contributed by atoms with van der Waals surface area (Å²) in [4.78, 5) is 11.8. The number of amidine groups is 1. The Labute approximate surface area is 164 Å². The van der Waals surface area contributed by atoms with Crippen molar-refractivity contribution < 1.29 is 29.2 Å². The van der Waals surface area contributed by atoms with E-state index < -0.39 is 31.0 Å². The molecule has 0 atom stereocenters. The van der Waals surface area contributed by atoms with Crippen LogP contribution in [0.3, 0.4) is 0 Å². The number of hydrogen-bond donors (Lipinski definition) is 5. The van der Waals surface area contributed by atoms with Crippen LogP contribution in [-0.2, 0) is 4.79 Å². The van der Waals surface area contributed by atoms with E-state index in [1.165, 1.54) is 18.2 Å². The number of anilines is 1. The van der Waals surface area contributed by atoms with Crippen LogP contribution in [0.1, 0.15) is 5.69 Å². The molecule has 5 N–H and O–H groups in total. The first-order valence-electron chi connectivity index (χ1n) is 7.39. The Balaban J connectivity index is 2.05. The van der Waals surface area contributed by atoms with Crippen molar-refractivity contribution in [1.29, 1.82) is 0 Å². The van der Waals surface area contributed by atoms with Crippen molar-refractivity contribution in [3.8, 4) is 0 Å². The first-order chi connectivity index (χ1) is 13.0. The zero-order valence-corrected chi connectivity index (χ0v) is 16.0. The second kappa shape index (κ2) is 10.2. The molecule has 0 aliphatic rings. The van der Waals surface area contributed by atoms with E-state index in [0.717, 1.165) is 11.8 Å². The molecule has 1 aromatic heterocycles. The number of carbonyl (C=O) groups is 1. The van der Waals surface area contributed by atoms with Crippen molar-refractivity contribution in [2.24, 2.45) is 5.16 Å². The number of halogens is 2. The van der Waals surface area contributed by atoms with E-state index in [2.05, 4.69) is 46.7 Å². The summed E-state index contributed by atoms with van der Waals surface area (Å²) >= 11 is 3.99. The predicted molar refractivity (Wildman–Crippen MR) is 97.2 cm³/mol. The summed E-state index contributed by atoms with van der Waals surface area (Å²) < 4.78 is 18.1. The first kappa shape index (κ1) is 21.1. The molecule has 0 fully saturated rings. The summed E-state index contributed by atoms with van der Waals surface area (Å²) in [6, 6.07) is 3.30. The zero-order chi connectivity index (χ0) is 19.8. The maximum Gasteiger partial charge on any atom is 0.230 e. The highest BCUT2D eigenvalue weighted by atomic mass is 79.9. The number of carbonyl (C=O) groups excluding carboxylic acids is 1. The maximum absolute atomic E-state index is 13.3. The van der Waals surface area contributed by atoms with Gasteiger partial charge in [0.25, 0.3) is 0 Å². The summed E-state index contributed by atoms with van der Waals surface area (Å²) in [6.45, 7) is -0.801. The molecule has 0 bridgehead atoms. The van der Waals surface area contributed by atoms with Crippen LogP contribution < -0.4 is 10.6 Å². The van der Waals surface area contributed by atoms with E-state index in [0.29, 0.717) is 5.69 Å². The van der Waals surface area contributed by atoms with Gasteiger partial charge in [-0.25, -0.2) is 9.02 Å². The summed E-state index contributed by atoms with van der Waals surface area (Å²) in [5.41, 5.74) is 0.443. The molecule has 27 heavy (non-hydrogen) atoms. The molecule has 1 amide bonds. The molecule has 1 heterocycles. The van der Waals surface area contributed by atoms with Gasteiger partial charge in [-0.05, 0) is 44.4 Å². The van der Waals surface area contributed by atoms with Crippen LogP contribution in [-0.4, -0.2) is 62.5 Å². The molecule has 0 spiro atoms. The first-order valence-corrected chi connectivity index (χ1v) is 9.17. The molecule has 10 nitrogen and oxygen atoms in total. The van der Waals surface area contributed by atoms with Crippen molar-refractivity contribution >= 4 is 45.1 Å². The summed E-state index contributed by atoms with van der Waals surface area (Å²) in [7, 11) is 0. The van der Waals surface area contributed by atoms with Gasteiger partial charge in [0, 0.05) is 5.69 Å². The third kappa shape index (κ3) is 5.89. The Hall–Kier alpha value is -2.22. The number of nitrogens with zero attached hydrogens (tertiary/aromatic N) is 3. The molecule has 0 unspecified atom stereocenters. The molecule has 0 radical (unpaired) electrons. The SMILES string of the molecule is O=C(CSc1nonc1/C(=N/O)Nc1ccc(F)c(Br)c1)NC(CO)CO. The fourth-order valence-electron chi connectivity index (χ4n) is 1.81. The Morgan fingerprint density at radius 2 is 2.11 bits per heavy atom. The number of amides is 1.